The lowest BCUT2D eigenvalue weighted by molar-refractivity contribution is 0.0697. The Bertz CT molecular complexity index is 737. The highest BCUT2D eigenvalue weighted by Gasteiger charge is 2.23. The van der Waals surface area contributed by atoms with Gasteiger partial charge in [-0.15, -0.1) is 11.3 Å². The second kappa shape index (κ2) is 5.65. The molecule has 2 N–H and O–H groups in total. The number of rotatable bonds is 4. The molecule has 1 aromatic carbocycles. The quantitative estimate of drug-likeness (QED) is 0.833. The van der Waals surface area contributed by atoms with Crippen molar-refractivity contribution in [2.45, 2.75) is 20.8 Å². The number of anilines is 2. The molecule has 0 saturated heterocycles. The summed E-state index contributed by atoms with van der Waals surface area (Å²) in [6.45, 7) is 4.72. The van der Waals surface area contributed by atoms with E-state index in [0.29, 0.717) is 10.4 Å². The number of halogens is 1. The van der Waals surface area contributed by atoms with Crippen molar-refractivity contribution >= 4 is 33.8 Å². The zero-order valence-electron chi connectivity index (χ0n) is 11.8. The zero-order valence-corrected chi connectivity index (χ0v) is 12.6. The van der Waals surface area contributed by atoms with Crippen LogP contribution in [-0.2, 0) is 0 Å². The normalized spacial score (nSPS) is 10.5. The SMILES string of the molecule is CC(=O)c1sc(Nc2ccc(C)cc2F)c(C(=O)O)c1C. The lowest BCUT2D eigenvalue weighted by Gasteiger charge is -2.07. The highest BCUT2D eigenvalue weighted by atomic mass is 32.1. The molecule has 110 valence electrons. The molecule has 0 amide bonds. The number of Topliss-reactive ketones (excluding diaryl/α,β-unsaturated/α-hetero) is 1. The van der Waals surface area contributed by atoms with Gasteiger partial charge in [0.25, 0.3) is 0 Å². The molecule has 0 unspecified atom stereocenters. The summed E-state index contributed by atoms with van der Waals surface area (Å²) < 4.78 is 13.9. The Labute approximate surface area is 125 Å². The fourth-order valence-electron chi connectivity index (χ4n) is 2.04. The summed E-state index contributed by atoms with van der Waals surface area (Å²) in [7, 11) is 0. The molecule has 2 rings (SSSR count). The van der Waals surface area contributed by atoms with Gasteiger partial charge in [-0.2, -0.15) is 0 Å². The Morgan fingerprint density at radius 2 is 1.95 bits per heavy atom. The van der Waals surface area contributed by atoms with Crippen molar-refractivity contribution in [3.05, 3.63) is 45.6 Å². The molecule has 21 heavy (non-hydrogen) atoms. The number of hydrogen-bond acceptors (Lipinski definition) is 4. The fraction of sp³-hybridized carbons (Fsp3) is 0.200. The van der Waals surface area contributed by atoms with Crippen LogP contribution >= 0.6 is 11.3 Å². The lowest BCUT2D eigenvalue weighted by Crippen LogP contribution is -2.03. The Morgan fingerprint density at radius 3 is 2.48 bits per heavy atom. The van der Waals surface area contributed by atoms with Gasteiger partial charge < -0.3 is 10.4 Å². The maximum Gasteiger partial charge on any atom is 0.339 e. The average molecular weight is 307 g/mol. The smallest absolute Gasteiger partial charge is 0.339 e. The predicted molar refractivity (Wildman–Crippen MR) is 80.4 cm³/mol. The van der Waals surface area contributed by atoms with Crippen molar-refractivity contribution in [2.75, 3.05) is 5.32 Å². The van der Waals surface area contributed by atoms with Crippen LogP contribution in [0.15, 0.2) is 18.2 Å². The molecule has 0 bridgehead atoms. The molecule has 0 spiro atoms. The first kappa shape index (κ1) is 15.2. The van der Waals surface area contributed by atoms with Crippen molar-refractivity contribution in [1.82, 2.24) is 0 Å². The predicted octanol–water partition coefficient (Wildman–Crippen LogP) is 4.15. The Kier molecular flexibility index (Phi) is 4.09. The minimum absolute atomic E-state index is 0.00479. The number of thiophene rings is 1. The van der Waals surface area contributed by atoms with Gasteiger partial charge in [0.2, 0.25) is 0 Å². The first-order chi connectivity index (χ1) is 9.81. The van der Waals surface area contributed by atoms with E-state index in [-0.39, 0.29) is 22.0 Å². The van der Waals surface area contributed by atoms with Gasteiger partial charge in [0.15, 0.2) is 5.78 Å². The summed E-state index contributed by atoms with van der Waals surface area (Å²) in [5, 5.41) is 12.3. The summed E-state index contributed by atoms with van der Waals surface area (Å²) in [5.74, 6) is -1.83. The molecule has 0 radical (unpaired) electrons. The van der Waals surface area contributed by atoms with Gasteiger partial charge in [-0.3, -0.25) is 4.79 Å². The number of carboxylic acid groups (broad SMARTS) is 1. The van der Waals surface area contributed by atoms with Crippen molar-refractivity contribution in [3.8, 4) is 0 Å². The van der Waals surface area contributed by atoms with E-state index in [2.05, 4.69) is 5.32 Å². The minimum Gasteiger partial charge on any atom is -0.478 e. The summed E-state index contributed by atoms with van der Waals surface area (Å²) in [4.78, 5) is 23.3. The third kappa shape index (κ3) is 2.95. The van der Waals surface area contributed by atoms with Gasteiger partial charge in [-0.05, 0) is 44.0 Å². The minimum atomic E-state index is -1.15. The van der Waals surface area contributed by atoms with E-state index >= 15 is 0 Å². The second-order valence-electron chi connectivity index (χ2n) is 4.73. The van der Waals surface area contributed by atoms with E-state index < -0.39 is 11.8 Å². The van der Waals surface area contributed by atoms with Crippen molar-refractivity contribution in [2.24, 2.45) is 0 Å². The molecule has 0 aliphatic carbocycles. The van der Waals surface area contributed by atoms with E-state index in [1.54, 1.807) is 26.0 Å². The van der Waals surface area contributed by atoms with Crippen LogP contribution in [-0.4, -0.2) is 16.9 Å². The number of nitrogens with one attached hydrogen (secondary N) is 1. The van der Waals surface area contributed by atoms with E-state index in [1.807, 2.05) is 0 Å². The molecular weight excluding hydrogens is 293 g/mol. The third-order valence-corrected chi connectivity index (χ3v) is 4.36. The molecule has 4 nitrogen and oxygen atoms in total. The van der Waals surface area contributed by atoms with Crippen molar-refractivity contribution in [3.63, 3.8) is 0 Å². The first-order valence-electron chi connectivity index (χ1n) is 6.22. The molecule has 0 atom stereocenters. The highest BCUT2D eigenvalue weighted by molar-refractivity contribution is 7.18. The summed E-state index contributed by atoms with van der Waals surface area (Å²) >= 11 is 1.02. The molecule has 0 saturated carbocycles. The fourth-order valence-corrected chi connectivity index (χ4v) is 3.15. The van der Waals surface area contributed by atoms with E-state index in [4.69, 9.17) is 0 Å². The van der Waals surface area contributed by atoms with Gasteiger partial charge in [0, 0.05) is 0 Å². The Hall–Kier alpha value is -2.21. The van der Waals surface area contributed by atoms with Gasteiger partial charge in [-0.25, -0.2) is 9.18 Å². The van der Waals surface area contributed by atoms with Gasteiger partial charge in [0.1, 0.15) is 10.8 Å². The molecule has 0 fully saturated rings. The molecule has 6 heteroatoms. The third-order valence-electron chi connectivity index (χ3n) is 3.05. The molecule has 0 aliphatic heterocycles. The number of aryl methyl sites for hydroxylation is 1. The number of carboxylic acids is 1. The Morgan fingerprint density at radius 1 is 1.29 bits per heavy atom. The van der Waals surface area contributed by atoms with Gasteiger partial charge in [0.05, 0.1) is 16.1 Å². The molecule has 2 aromatic rings. The number of ketones is 1. The van der Waals surface area contributed by atoms with E-state index in [1.165, 1.54) is 13.0 Å². The van der Waals surface area contributed by atoms with Gasteiger partial charge in [-0.1, -0.05) is 6.07 Å². The van der Waals surface area contributed by atoms with E-state index in [9.17, 15) is 19.1 Å². The van der Waals surface area contributed by atoms with Crippen LogP contribution in [0.2, 0.25) is 0 Å². The van der Waals surface area contributed by atoms with Crippen LogP contribution in [0, 0.1) is 19.7 Å². The van der Waals surface area contributed by atoms with Crippen LogP contribution in [0.3, 0.4) is 0 Å². The maximum absolute atomic E-state index is 13.9. The first-order valence-corrected chi connectivity index (χ1v) is 7.03. The topological polar surface area (TPSA) is 66.4 Å². The zero-order chi connectivity index (χ0) is 15.7. The summed E-state index contributed by atoms with van der Waals surface area (Å²) in [6, 6.07) is 4.62. The van der Waals surface area contributed by atoms with Crippen LogP contribution in [0.4, 0.5) is 15.1 Å². The largest absolute Gasteiger partial charge is 0.478 e. The average Bonchev–Trinajstić information content (AvgIpc) is 2.70. The monoisotopic (exact) mass is 307 g/mol. The summed E-state index contributed by atoms with van der Waals surface area (Å²) in [5.41, 5.74) is 1.35. The molecular formula is C15H14FNO3S. The lowest BCUT2D eigenvalue weighted by atomic mass is 10.1. The highest BCUT2D eigenvalue weighted by Crippen LogP contribution is 2.36. The van der Waals surface area contributed by atoms with Crippen molar-refractivity contribution < 1.29 is 19.1 Å². The Balaban J connectivity index is 2.51. The maximum atomic E-state index is 13.9. The van der Waals surface area contributed by atoms with Gasteiger partial charge >= 0.3 is 5.97 Å². The molecule has 0 aliphatic rings. The number of benzene rings is 1. The van der Waals surface area contributed by atoms with Crippen molar-refractivity contribution in [1.29, 1.82) is 0 Å². The number of aromatic carboxylic acids is 1. The van der Waals surface area contributed by atoms with Crippen LogP contribution in [0.25, 0.3) is 0 Å². The van der Waals surface area contributed by atoms with Crippen LogP contribution in [0.5, 0.6) is 0 Å². The standard InChI is InChI=1S/C15H14FNO3S/c1-7-4-5-11(10(16)6-7)17-14-12(15(19)20)8(2)13(21-14)9(3)18/h4-6,17H,1-3H3,(H,19,20). The van der Waals surface area contributed by atoms with Crippen LogP contribution in [0.1, 0.15) is 38.1 Å². The van der Waals surface area contributed by atoms with E-state index in [0.717, 1.165) is 16.9 Å². The molecule has 1 heterocycles. The summed E-state index contributed by atoms with van der Waals surface area (Å²) in [6.07, 6.45) is 0. The number of carbonyl (C=O) groups is 2. The number of hydrogen-bond donors (Lipinski definition) is 2. The molecule has 1 aromatic heterocycles. The van der Waals surface area contributed by atoms with Crippen LogP contribution < -0.4 is 5.32 Å². The number of carbonyl (C=O) groups excluding carboxylic acids is 1. The second-order valence-corrected chi connectivity index (χ2v) is 5.75.